The third-order valence-corrected chi connectivity index (χ3v) is 10.7. The number of hydrogen-bond acceptors (Lipinski definition) is 7. The molecule has 0 fully saturated rings. The van der Waals surface area contributed by atoms with E-state index in [1.807, 2.05) is 6.92 Å². The molecule has 1 heterocycles. The van der Waals surface area contributed by atoms with Gasteiger partial charge < -0.3 is 9.05 Å². The highest BCUT2D eigenvalue weighted by molar-refractivity contribution is 7.90. The number of fused-ring (bicyclic) bond motifs is 1. The van der Waals surface area contributed by atoms with E-state index in [2.05, 4.69) is 18.7 Å². The highest BCUT2D eigenvalue weighted by atomic mass is 32.2. The molecular weight excluding hydrogens is 497 g/mol. The van der Waals surface area contributed by atoms with Gasteiger partial charge >= 0.3 is 7.60 Å². The van der Waals surface area contributed by atoms with Crippen molar-refractivity contribution in [2.45, 2.75) is 31.3 Å². The Balaban J connectivity index is 2.50. The summed E-state index contributed by atoms with van der Waals surface area (Å²) in [6.45, 7) is 8.88. The van der Waals surface area contributed by atoms with Gasteiger partial charge in [-0.25, -0.2) is 12.4 Å². The quantitative estimate of drug-likeness (QED) is 0.249. The molecule has 8 nitrogen and oxygen atoms in total. The minimum absolute atomic E-state index is 0.0527. The average Bonchev–Trinajstić information content (AvgIpc) is 3.26. The Kier molecular flexibility index (Phi) is 7.37. The summed E-state index contributed by atoms with van der Waals surface area (Å²) < 4.78 is 53.2. The normalized spacial score (nSPS) is 13.6. The Morgan fingerprint density at radius 3 is 2.11 bits per heavy atom. The number of nitrogens with zero attached hydrogens (tertiary/aromatic N) is 3. The van der Waals surface area contributed by atoms with Gasteiger partial charge in [0.2, 0.25) is 0 Å². The second-order valence-electron chi connectivity index (χ2n) is 8.98. The lowest BCUT2D eigenvalue weighted by Crippen LogP contribution is -2.40. The summed E-state index contributed by atoms with van der Waals surface area (Å²) in [6.07, 6.45) is 2.74. The van der Waals surface area contributed by atoms with Crippen LogP contribution in [0.5, 0.6) is 0 Å². The Morgan fingerprint density at radius 2 is 1.61 bits per heavy atom. The fourth-order valence-electron chi connectivity index (χ4n) is 4.29. The van der Waals surface area contributed by atoms with Crippen LogP contribution in [0.4, 0.5) is 0 Å². The zero-order chi connectivity index (χ0) is 26.9. The molecule has 0 radical (unpaired) electrons. The molecule has 0 aliphatic carbocycles. The lowest BCUT2D eigenvalue weighted by Gasteiger charge is -2.41. The first-order valence-electron chi connectivity index (χ1n) is 11.0. The summed E-state index contributed by atoms with van der Waals surface area (Å²) in [5.41, 5.74) is -3.31. The van der Waals surface area contributed by atoms with Crippen LogP contribution in [0.25, 0.3) is 10.9 Å². The second-order valence-corrected chi connectivity index (χ2v) is 13.1. The van der Waals surface area contributed by atoms with Gasteiger partial charge in [0, 0.05) is 31.2 Å². The van der Waals surface area contributed by atoms with Gasteiger partial charge in [-0.1, -0.05) is 55.8 Å². The van der Waals surface area contributed by atoms with Crippen LogP contribution in [-0.2, 0) is 23.6 Å². The van der Waals surface area contributed by atoms with Crippen molar-refractivity contribution >= 4 is 28.5 Å². The minimum Gasteiger partial charge on any atom is -0.311 e. The van der Waals surface area contributed by atoms with Crippen molar-refractivity contribution in [3.05, 3.63) is 78.5 Å². The fraction of sp³-hybridized carbons (Fsp3) is 0.308. The molecule has 188 valence electrons. The number of aryl methyl sites for hydroxylation is 1. The summed E-state index contributed by atoms with van der Waals surface area (Å²) in [7, 11) is -5.96. The first kappa shape index (κ1) is 27.4. The van der Waals surface area contributed by atoms with Gasteiger partial charge in [-0.15, -0.1) is 6.58 Å². The van der Waals surface area contributed by atoms with E-state index < -0.39 is 34.1 Å². The Hall–Kier alpha value is -3.20. The van der Waals surface area contributed by atoms with Gasteiger partial charge in [-0.05, 0) is 30.7 Å². The maximum atomic E-state index is 14.0. The summed E-state index contributed by atoms with van der Waals surface area (Å²) in [4.78, 5) is 0.0527. The molecule has 0 spiro atoms. The number of allylic oxidation sites excluding steroid dienone is 1. The number of aromatic nitrogens is 1. The largest absolute Gasteiger partial charge is 0.340 e. The molecule has 10 heteroatoms. The van der Waals surface area contributed by atoms with Crippen LogP contribution in [0, 0.1) is 40.4 Å². The molecule has 3 aromatic rings. The monoisotopic (exact) mass is 525 g/mol. The highest BCUT2D eigenvalue weighted by Gasteiger charge is 2.60. The summed E-state index contributed by atoms with van der Waals surface area (Å²) in [6, 6.07) is 17.1. The second kappa shape index (κ2) is 9.69. The maximum Gasteiger partial charge on any atom is 0.340 e. The Morgan fingerprint density at radius 1 is 1.06 bits per heavy atom. The van der Waals surface area contributed by atoms with E-state index in [0.29, 0.717) is 5.39 Å². The van der Waals surface area contributed by atoms with Crippen LogP contribution in [0.15, 0.2) is 72.3 Å². The molecule has 0 amide bonds. The minimum atomic E-state index is -4.20. The third kappa shape index (κ3) is 4.09. The van der Waals surface area contributed by atoms with Crippen LogP contribution in [0.2, 0.25) is 0 Å². The van der Waals surface area contributed by atoms with E-state index in [4.69, 9.17) is 9.05 Å². The Labute approximate surface area is 212 Å². The standard InChI is InChI=1S/C26H28N3O5PS/c1-7-25(3,4)26(17-27,18-28)24(35(30,33-5)34-6)22-16-29(23-11-9-8-10-21(22)23)36(31,32)20-14-12-19(2)13-15-20/h7-16,24H,1H2,2-6H3/t24-/m1/s1. The van der Waals surface area contributed by atoms with Crippen molar-refractivity contribution in [3.63, 3.8) is 0 Å². The first-order chi connectivity index (χ1) is 16.9. The molecule has 2 aromatic carbocycles. The maximum absolute atomic E-state index is 14.0. The van der Waals surface area contributed by atoms with Crippen molar-refractivity contribution in [1.29, 1.82) is 10.5 Å². The van der Waals surface area contributed by atoms with Crippen LogP contribution < -0.4 is 0 Å². The molecule has 0 saturated heterocycles. The lowest BCUT2D eigenvalue weighted by atomic mass is 9.64. The van der Waals surface area contributed by atoms with Crippen molar-refractivity contribution in [3.8, 4) is 12.1 Å². The summed E-state index contributed by atoms with van der Waals surface area (Å²) in [5, 5.41) is 21.2. The Bertz CT molecular complexity index is 1520. The molecule has 1 aromatic heterocycles. The smallest absolute Gasteiger partial charge is 0.311 e. The van der Waals surface area contributed by atoms with Crippen molar-refractivity contribution in [2.75, 3.05) is 14.2 Å². The van der Waals surface area contributed by atoms with Crippen LogP contribution >= 0.6 is 7.60 Å². The van der Waals surface area contributed by atoms with E-state index in [9.17, 15) is 23.5 Å². The van der Waals surface area contributed by atoms with Crippen molar-refractivity contribution < 1.29 is 22.0 Å². The van der Waals surface area contributed by atoms with Crippen molar-refractivity contribution in [1.82, 2.24) is 3.97 Å². The van der Waals surface area contributed by atoms with Crippen LogP contribution in [0.3, 0.4) is 0 Å². The molecule has 0 N–H and O–H groups in total. The van der Waals surface area contributed by atoms with Gasteiger partial charge in [0.25, 0.3) is 10.0 Å². The zero-order valence-corrected chi connectivity index (χ0v) is 22.5. The third-order valence-electron chi connectivity index (χ3n) is 6.70. The topological polar surface area (TPSA) is 122 Å². The molecule has 3 rings (SSSR count). The molecule has 0 aliphatic heterocycles. The van der Waals surface area contributed by atoms with E-state index in [0.717, 1.165) is 9.54 Å². The molecular formula is C26H28N3O5PS. The predicted molar refractivity (Wildman–Crippen MR) is 138 cm³/mol. The molecule has 0 bridgehead atoms. The van der Waals surface area contributed by atoms with E-state index in [1.54, 1.807) is 50.2 Å². The number of hydrogen-bond donors (Lipinski definition) is 0. The first-order valence-corrected chi connectivity index (χ1v) is 14.0. The summed E-state index contributed by atoms with van der Waals surface area (Å²) in [5.74, 6) is 0. The zero-order valence-electron chi connectivity index (χ0n) is 20.8. The number of rotatable bonds is 9. The van der Waals surface area contributed by atoms with Gasteiger partial charge in [-0.2, -0.15) is 10.5 Å². The summed E-state index contributed by atoms with van der Waals surface area (Å²) >= 11 is 0. The van der Waals surface area contributed by atoms with Gasteiger partial charge in [0.1, 0.15) is 5.66 Å². The van der Waals surface area contributed by atoms with E-state index in [-0.39, 0.29) is 16.0 Å². The van der Waals surface area contributed by atoms with Crippen LogP contribution in [-0.4, -0.2) is 26.6 Å². The molecule has 0 saturated carbocycles. The number of para-hydroxylation sites is 1. The van der Waals surface area contributed by atoms with Gasteiger partial charge in [-0.3, -0.25) is 4.57 Å². The van der Waals surface area contributed by atoms with Crippen LogP contribution in [0.1, 0.15) is 30.6 Å². The molecule has 36 heavy (non-hydrogen) atoms. The van der Waals surface area contributed by atoms with Gasteiger partial charge in [0.15, 0.2) is 5.41 Å². The SMILES string of the molecule is C=CC(C)(C)C(C#N)(C#N)[C@@H](c1cn(S(=O)(=O)c2ccc(C)cc2)c2ccccc12)P(=O)(OC)OC. The molecule has 0 aliphatic rings. The van der Waals surface area contributed by atoms with Crippen molar-refractivity contribution in [2.24, 2.45) is 10.8 Å². The molecule has 1 atom stereocenters. The number of nitriles is 2. The van der Waals surface area contributed by atoms with E-state index >= 15 is 0 Å². The average molecular weight is 526 g/mol. The fourth-order valence-corrected chi connectivity index (χ4v) is 7.71. The molecule has 0 unspecified atom stereocenters. The predicted octanol–water partition coefficient (Wildman–Crippen LogP) is 5.96. The lowest BCUT2D eigenvalue weighted by molar-refractivity contribution is 0.202. The highest BCUT2D eigenvalue weighted by Crippen LogP contribution is 2.70. The number of benzene rings is 2. The van der Waals surface area contributed by atoms with E-state index in [1.165, 1.54) is 38.6 Å². The van der Waals surface area contributed by atoms with Gasteiger partial charge in [0.05, 0.1) is 22.6 Å².